The van der Waals surface area contributed by atoms with Crippen LogP contribution in [-0.4, -0.2) is 59.5 Å². The number of aromatic nitrogens is 1. The molecule has 0 saturated carbocycles. The molecular formula is C22H28N4O2S. The highest BCUT2D eigenvalue weighted by Gasteiger charge is 2.37. The third kappa shape index (κ3) is 3.67. The van der Waals surface area contributed by atoms with Crippen molar-refractivity contribution in [3.8, 4) is 0 Å². The zero-order valence-electron chi connectivity index (χ0n) is 16.8. The van der Waals surface area contributed by atoms with Gasteiger partial charge in [-0.2, -0.15) is 0 Å². The van der Waals surface area contributed by atoms with Gasteiger partial charge < -0.3 is 14.8 Å². The van der Waals surface area contributed by atoms with E-state index in [9.17, 15) is 9.59 Å². The normalized spacial score (nSPS) is 25.6. The van der Waals surface area contributed by atoms with Gasteiger partial charge in [-0.05, 0) is 68.9 Å². The molecule has 2 bridgehead atoms. The molecule has 29 heavy (non-hydrogen) atoms. The second-order valence-corrected chi connectivity index (χ2v) is 9.75. The van der Waals surface area contributed by atoms with Crippen molar-refractivity contribution in [1.29, 1.82) is 0 Å². The summed E-state index contributed by atoms with van der Waals surface area (Å²) in [5, 5.41) is 4.68. The summed E-state index contributed by atoms with van der Waals surface area (Å²) in [4.78, 5) is 31.2. The third-order valence-corrected chi connectivity index (χ3v) is 7.70. The minimum Gasteiger partial charge on any atom is -0.317 e. The molecule has 2 saturated heterocycles. The van der Waals surface area contributed by atoms with E-state index < -0.39 is 0 Å². The van der Waals surface area contributed by atoms with Gasteiger partial charge in [0, 0.05) is 37.3 Å². The molecule has 1 N–H and O–H groups in total. The number of hydrogen-bond acceptors (Lipinski definition) is 5. The number of amides is 1. The van der Waals surface area contributed by atoms with E-state index >= 15 is 0 Å². The molecule has 2 fully saturated rings. The number of rotatable bonds is 3. The lowest BCUT2D eigenvalue weighted by Crippen LogP contribution is -2.53. The summed E-state index contributed by atoms with van der Waals surface area (Å²) in [6.07, 6.45) is 3.66. The van der Waals surface area contributed by atoms with Gasteiger partial charge in [0.25, 0.3) is 11.5 Å². The zero-order chi connectivity index (χ0) is 20.0. The van der Waals surface area contributed by atoms with Crippen LogP contribution in [-0.2, 0) is 6.54 Å². The molecule has 154 valence electrons. The number of carbonyl (C=O) groups excluding carboxylic acids is 1. The summed E-state index contributed by atoms with van der Waals surface area (Å²) in [5.74, 6) is 0.723. The topological polar surface area (TPSA) is 57.6 Å². The van der Waals surface area contributed by atoms with Gasteiger partial charge in [-0.3, -0.25) is 14.5 Å². The van der Waals surface area contributed by atoms with Crippen molar-refractivity contribution in [3.05, 3.63) is 50.6 Å². The molecule has 2 atom stereocenters. The predicted molar refractivity (Wildman–Crippen MR) is 116 cm³/mol. The van der Waals surface area contributed by atoms with Gasteiger partial charge in [0.15, 0.2) is 0 Å². The lowest BCUT2D eigenvalue weighted by atomic mass is 9.82. The Bertz CT molecular complexity index is 946. The van der Waals surface area contributed by atoms with Crippen LogP contribution in [0.4, 0.5) is 5.69 Å². The number of fused-ring (bicyclic) bond motifs is 4. The van der Waals surface area contributed by atoms with E-state index in [4.69, 9.17) is 0 Å². The van der Waals surface area contributed by atoms with Crippen molar-refractivity contribution in [1.82, 2.24) is 14.4 Å². The fourth-order valence-corrected chi connectivity index (χ4v) is 5.95. The standard InChI is InChI=1S/C22H28N4O2S/c1-24-8-6-17(7-9-24)25-12-15-11-16(14-25)19-5-4-18(22(28)26(19)13-15)23-21(27)20-3-2-10-29-20/h2-5,10,15-17H,6-9,11-14H2,1H3,(H,23,27)/t15-,16-/m1/s1. The van der Waals surface area contributed by atoms with Gasteiger partial charge in [0.1, 0.15) is 5.69 Å². The zero-order valence-corrected chi connectivity index (χ0v) is 17.7. The Hall–Kier alpha value is -1.96. The van der Waals surface area contributed by atoms with Gasteiger partial charge >= 0.3 is 0 Å². The molecule has 1 amide bonds. The highest BCUT2D eigenvalue weighted by atomic mass is 32.1. The van der Waals surface area contributed by atoms with E-state index in [1.165, 1.54) is 43.7 Å². The summed E-state index contributed by atoms with van der Waals surface area (Å²) < 4.78 is 1.93. The van der Waals surface area contributed by atoms with Gasteiger partial charge in [0.2, 0.25) is 0 Å². The first-order valence-electron chi connectivity index (χ1n) is 10.6. The number of pyridine rings is 1. The van der Waals surface area contributed by atoms with E-state index in [0.29, 0.717) is 28.4 Å². The number of carbonyl (C=O) groups is 1. The Labute approximate surface area is 175 Å². The Morgan fingerprint density at radius 3 is 2.72 bits per heavy atom. The smallest absolute Gasteiger partial charge is 0.274 e. The highest BCUT2D eigenvalue weighted by Crippen LogP contribution is 2.37. The molecule has 6 nitrogen and oxygen atoms in total. The van der Waals surface area contributed by atoms with Crippen molar-refractivity contribution in [2.24, 2.45) is 5.92 Å². The quantitative estimate of drug-likeness (QED) is 0.842. The van der Waals surface area contributed by atoms with Crippen molar-refractivity contribution in [2.75, 3.05) is 38.5 Å². The summed E-state index contributed by atoms with van der Waals surface area (Å²) in [6, 6.07) is 8.16. The van der Waals surface area contributed by atoms with Crippen LogP contribution in [0.5, 0.6) is 0 Å². The van der Waals surface area contributed by atoms with E-state index in [0.717, 1.165) is 25.3 Å². The molecular weight excluding hydrogens is 384 g/mol. The van der Waals surface area contributed by atoms with E-state index in [2.05, 4.69) is 28.2 Å². The number of nitrogens with zero attached hydrogens (tertiary/aromatic N) is 3. The average molecular weight is 413 g/mol. The Morgan fingerprint density at radius 1 is 1.14 bits per heavy atom. The van der Waals surface area contributed by atoms with Gasteiger partial charge in [-0.15, -0.1) is 11.3 Å². The lowest BCUT2D eigenvalue weighted by molar-refractivity contribution is 0.0517. The van der Waals surface area contributed by atoms with Gasteiger partial charge in [-0.1, -0.05) is 6.07 Å². The number of thiophene rings is 1. The lowest BCUT2D eigenvalue weighted by Gasteiger charge is -2.47. The molecule has 2 aromatic rings. The maximum Gasteiger partial charge on any atom is 0.274 e. The maximum atomic E-state index is 13.1. The molecule has 0 aliphatic carbocycles. The van der Waals surface area contributed by atoms with Crippen LogP contribution in [0.25, 0.3) is 0 Å². The Morgan fingerprint density at radius 2 is 1.97 bits per heavy atom. The number of anilines is 1. The van der Waals surface area contributed by atoms with Crippen LogP contribution in [0.15, 0.2) is 34.4 Å². The number of nitrogens with one attached hydrogen (secondary N) is 1. The molecule has 0 unspecified atom stereocenters. The third-order valence-electron chi connectivity index (χ3n) is 6.83. The summed E-state index contributed by atoms with van der Waals surface area (Å²) in [6.45, 7) is 5.25. The van der Waals surface area contributed by atoms with Crippen LogP contribution < -0.4 is 10.9 Å². The van der Waals surface area contributed by atoms with Crippen LogP contribution in [0, 0.1) is 5.92 Å². The average Bonchev–Trinajstić information content (AvgIpc) is 3.26. The van der Waals surface area contributed by atoms with Crippen LogP contribution >= 0.6 is 11.3 Å². The maximum absolute atomic E-state index is 13.1. The minimum atomic E-state index is -0.206. The number of hydrogen-bond donors (Lipinski definition) is 1. The molecule has 0 radical (unpaired) electrons. The van der Waals surface area contributed by atoms with Crippen molar-refractivity contribution in [2.45, 2.75) is 37.8 Å². The predicted octanol–water partition coefficient (Wildman–Crippen LogP) is 2.68. The molecule has 0 aromatic carbocycles. The van der Waals surface area contributed by atoms with Gasteiger partial charge in [-0.25, -0.2) is 0 Å². The molecule has 3 aliphatic heterocycles. The highest BCUT2D eigenvalue weighted by molar-refractivity contribution is 7.12. The van der Waals surface area contributed by atoms with Crippen LogP contribution in [0.1, 0.15) is 40.5 Å². The Balaban J connectivity index is 1.35. The number of likely N-dealkylation sites (tertiary alicyclic amines) is 2. The largest absolute Gasteiger partial charge is 0.317 e. The van der Waals surface area contributed by atoms with Crippen molar-refractivity contribution in [3.63, 3.8) is 0 Å². The first kappa shape index (κ1) is 19.0. The molecule has 5 rings (SSSR count). The summed E-state index contributed by atoms with van der Waals surface area (Å²) in [5.41, 5.74) is 1.46. The Kier molecular flexibility index (Phi) is 5.05. The van der Waals surface area contributed by atoms with E-state index in [1.54, 1.807) is 12.1 Å². The first-order valence-corrected chi connectivity index (χ1v) is 11.5. The summed E-state index contributed by atoms with van der Waals surface area (Å²) in [7, 11) is 2.21. The minimum absolute atomic E-state index is 0.0603. The van der Waals surface area contributed by atoms with Gasteiger partial charge in [0.05, 0.1) is 4.88 Å². The summed E-state index contributed by atoms with van der Waals surface area (Å²) >= 11 is 1.38. The first-order chi connectivity index (χ1) is 14.1. The van der Waals surface area contributed by atoms with E-state index in [1.807, 2.05) is 16.0 Å². The molecule has 5 heterocycles. The molecule has 0 spiro atoms. The van der Waals surface area contributed by atoms with Crippen LogP contribution in [0.3, 0.4) is 0 Å². The SMILES string of the molecule is CN1CCC(N2C[C@H]3C[C@H](C2)c2ccc(NC(=O)c4cccs4)c(=O)n2C3)CC1. The monoisotopic (exact) mass is 412 g/mol. The van der Waals surface area contributed by atoms with E-state index in [-0.39, 0.29) is 11.5 Å². The second-order valence-electron chi connectivity index (χ2n) is 8.81. The number of piperidine rings is 2. The van der Waals surface area contributed by atoms with Crippen molar-refractivity contribution >= 4 is 22.9 Å². The van der Waals surface area contributed by atoms with Crippen molar-refractivity contribution < 1.29 is 4.79 Å². The fraction of sp³-hybridized carbons (Fsp3) is 0.545. The molecule has 3 aliphatic rings. The van der Waals surface area contributed by atoms with Crippen LogP contribution in [0.2, 0.25) is 0 Å². The fourth-order valence-electron chi connectivity index (χ4n) is 5.33. The molecule has 2 aromatic heterocycles. The molecule has 7 heteroatoms. The second kappa shape index (κ2) is 7.70.